The highest BCUT2D eigenvalue weighted by atomic mass is 35.5. The highest BCUT2D eigenvalue weighted by Gasteiger charge is 2.11. The molecule has 0 amide bonds. The summed E-state index contributed by atoms with van der Waals surface area (Å²) in [6.45, 7) is 0. The molecule has 4 rings (SSSR count). The van der Waals surface area contributed by atoms with Crippen molar-refractivity contribution in [3.8, 4) is 28.1 Å². The van der Waals surface area contributed by atoms with Gasteiger partial charge in [0.15, 0.2) is 0 Å². The predicted molar refractivity (Wildman–Crippen MR) is 102 cm³/mol. The first-order chi connectivity index (χ1) is 12.3. The minimum Gasteiger partial charge on any atom is -0.496 e. The zero-order chi connectivity index (χ0) is 17.2. The van der Waals surface area contributed by atoms with Crippen molar-refractivity contribution in [2.75, 3.05) is 7.11 Å². The number of methoxy groups -OCH3 is 1. The van der Waals surface area contributed by atoms with E-state index >= 15 is 0 Å². The van der Waals surface area contributed by atoms with Gasteiger partial charge in [-0.1, -0.05) is 35.9 Å². The molecule has 0 atom stereocenters. The van der Waals surface area contributed by atoms with Gasteiger partial charge in [0.05, 0.1) is 18.3 Å². The fraction of sp³-hybridized carbons (Fsp3) is 0.0476. The lowest BCUT2D eigenvalue weighted by Gasteiger charge is -2.11. The van der Waals surface area contributed by atoms with E-state index in [0.29, 0.717) is 5.02 Å². The van der Waals surface area contributed by atoms with Crippen LogP contribution in [0.4, 0.5) is 0 Å². The predicted octanol–water partition coefficient (Wildman–Crippen LogP) is 5.63. The average Bonchev–Trinajstić information content (AvgIpc) is 2.67. The summed E-state index contributed by atoms with van der Waals surface area (Å²) < 4.78 is 5.48. The van der Waals surface area contributed by atoms with Gasteiger partial charge in [0.1, 0.15) is 5.75 Å². The van der Waals surface area contributed by atoms with E-state index in [-0.39, 0.29) is 0 Å². The van der Waals surface area contributed by atoms with Gasteiger partial charge in [-0.15, -0.1) is 0 Å². The Hall–Kier alpha value is -2.91. The number of hydrogen-bond donors (Lipinski definition) is 0. The molecule has 2 aromatic heterocycles. The third kappa shape index (κ3) is 2.94. The Morgan fingerprint density at radius 1 is 0.840 bits per heavy atom. The molecule has 0 saturated heterocycles. The molecule has 4 heteroatoms. The van der Waals surface area contributed by atoms with E-state index in [1.54, 1.807) is 19.5 Å². The fourth-order valence-corrected chi connectivity index (χ4v) is 3.16. The van der Waals surface area contributed by atoms with Crippen LogP contribution >= 0.6 is 11.6 Å². The average molecular weight is 347 g/mol. The zero-order valence-corrected chi connectivity index (χ0v) is 14.4. The van der Waals surface area contributed by atoms with Crippen LogP contribution in [0.15, 0.2) is 73.1 Å². The van der Waals surface area contributed by atoms with E-state index in [0.717, 1.165) is 39.0 Å². The van der Waals surface area contributed by atoms with Crippen LogP contribution in [0.3, 0.4) is 0 Å². The van der Waals surface area contributed by atoms with Crippen LogP contribution < -0.4 is 4.74 Å². The van der Waals surface area contributed by atoms with Crippen molar-refractivity contribution in [3.63, 3.8) is 0 Å². The van der Waals surface area contributed by atoms with Gasteiger partial charge in [-0.2, -0.15) is 0 Å². The molecule has 3 nitrogen and oxygen atoms in total. The second-order valence-corrected chi connectivity index (χ2v) is 6.09. The van der Waals surface area contributed by atoms with Gasteiger partial charge in [-0.05, 0) is 42.0 Å². The van der Waals surface area contributed by atoms with Crippen molar-refractivity contribution in [1.29, 1.82) is 0 Å². The van der Waals surface area contributed by atoms with Crippen molar-refractivity contribution in [2.24, 2.45) is 0 Å². The number of fused-ring (bicyclic) bond motifs is 1. The van der Waals surface area contributed by atoms with Crippen LogP contribution in [-0.4, -0.2) is 17.1 Å². The first kappa shape index (κ1) is 15.6. The molecule has 0 aliphatic carbocycles. The number of ether oxygens (including phenoxy) is 1. The highest BCUT2D eigenvalue weighted by Crippen LogP contribution is 2.34. The molecule has 0 unspecified atom stereocenters. The van der Waals surface area contributed by atoms with Crippen molar-refractivity contribution in [2.45, 2.75) is 0 Å². The van der Waals surface area contributed by atoms with Crippen LogP contribution in [0.5, 0.6) is 5.75 Å². The summed E-state index contributed by atoms with van der Waals surface area (Å²) in [7, 11) is 1.67. The van der Waals surface area contributed by atoms with E-state index in [1.807, 2.05) is 42.5 Å². The molecule has 0 fully saturated rings. The number of rotatable bonds is 3. The topological polar surface area (TPSA) is 35.0 Å². The Kier molecular flexibility index (Phi) is 4.08. The first-order valence-electron chi connectivity index (χ1n) is 7.90. The quantitative estimate of drug-likeness (QED) is 0.482. The van der Waals surface area contributed by atoms with E-state index in [1.165, 1.54) is 0 Å². The van der Waals surface area contributed by atoms with E-state index in [9.17, 15) is 0 Å². The van der Waals surface area contributed by atoms with Crippen molar-refractivity contribution < 1.29 is 4.74 Å². The Bertz CT molecular complexity index is 1060. The molecule has 0 saturated carbocycles. The molecule has 2 aromatic carbocycles. The molecular weight excluding hydrogens is 332 g/mol. The number of nitrogens with zero attached hydrogens (tertiary/aromatic N) is 2. The fourth-order valence-electron chi connectivity index (χ4n) is 2.97. The number of benzene rings is 2. The van der Waals surface area contributed by atoms with Gasteiger partial charge in [0, 0.05) is 33.9 Å². The maximum Gasteiger partial charge on any atom is 0.129 e. The van der Waals surface area contributed by atoms with Gasteiger partial charge in [0.2, 0.25) is 0 Å². The number of hydrogen-bond acceptors (Lipinski definition) is 3. The van der Waals surface area contributed by atoms with Gasteiger partial charge in [-0.3, -0.25) is 9.97 Å². The van der Waals surface area contributed by atoms with Gasteiger partial charge >= 0.3 is 0 Å². The van der Waals surface area contributed by atoms with Gasteiger partial charge < -0.3 is 4.74 Å². The van der Waals surface area contributed by atoms with Crippen LogP contribution in [-0.2, 0) is 0 Å². The Balaban J connectivity index is 1.92. The molecule has 122 valence electrons. The molecule has 0 aliphatic heterocycles. The van der Waals surface area contributed by atoms with E-state index in [2.05, 4.69) is 28.2 Å². The summed E-state index contributed by atoms with van der Waals surface area (Å²) in [5.74, 6) is 0.806. The van der Waals surface area contributed by atoms with Gasteiger partial charge in [0.25, 0.3) is 0 Å². The molecule has 2 heterocycles. The lowest BCUT2D eigenvalue weighted by atomic mass is 9.98. The highest BCUT2D eigenvalue weighted by molar-refractivity contribution is 6.30. The molecule has 0 spiro atoms. The van der Waals surface area contributed by atoms with Crippen LogP contribution in [0.2, 0.25) is 5.02 Å². The molecule has 0 N–H and O–H groups in total. The Morgan fingerprint density at radius 3 is 2.60 bits per heavy atom. The van der Waals surface area contributed by atoms with Crippen LogP contribution in [0.1, 0.15) is 0 Å². The second-order valence-electron chi connectivity index (χ2n) is 5.66. The Labute approximate surface area is 150 Å². The summed E-state index contributed by atoms with van der Waals surface area (Å²) in [5, 5.41) is 1.67. The van der Waals surface area contributed by atoms with Crippen molar-refractivity contribution in [1.82, 2.24) is 9.97 Å². The minimum atomic E-state index is 0.693. The molecule has 0 radical (unpaired) electrons. The standard InChI is InChI=1S/C21H15ClN2O/c1-25-20-9-11-23-19-8-7-14(13-18(19)20)17-6-3-10-24-21(17)15-4-2-5-16(22)12-15/h2-13H,1H3. The summed E-state index contributed by atoms with van der Waals surface area (Å²) >= 11 is 6.16. The normalized spacial score (nSPS) is 10.8. The van der Waals surface area contributed by atoms with Crippen LogP contribution in [0.25, 0.3) is 33.3 Å². The third-order valence-electron chi connectivity index (χ3n) is 4.14. The molecule has 0 bridgehead atoms. The second kappa shape index (κ2) is 6.54. The maximum atomic E-state index is 6.16. The van der Waals surface area contributed by atoms with Gasteiger partial charge in [-0.25, -0.2) is 0 Å². The smallest absolute Gasteiger partial charge is 0.129 e. The number of aromatic nitrogens is 2. The summed E-state index contributed by atoms with van der Waals surface area (Å²) in [6.07, 6.45) is 3.55. The van der Waals surface area contributed by atoms with Crippen LogP contribution in [0, 0.1) is 0 Å². The van der Waals surface area contributed by atoms with E-state index < -0.39 is 0 Å². The third-order valence-corrected chi connectivity index (χ3v) is 4.37. The largest absolute Gasteiger partial charge is 0.496 e. The maximum absolute atomic E-state index is 6.16. The first-order valence-corrected chi connectivity index (χ1v) is 8.28. The molecule has 4 aromatic rings. The molecule has 25 heavy (non-hydrogen) atoms. The summed E-state index contributed by atoms with van der Waals surface area (Å²) in [5.41, 5.74) is 4.88. The lowest BCUT2D eigenvalue weighted by Crippen LogP contribution is -1.91. The monoisotopic (exact) mass is 346 g/mol. The van der Waals surface area contributed by atoms with Crippen molar-refractivity contribution >= 4 is 22.5 Å². The minimum absolute atomic E-state index is 0.693. The summed E-state index contributed by atoms with van der Waals surface area (Å²) in [4.78, 5) is 8.99. The molecular formula is C21H15ClN2O. The lowest BCUT2D eigenvalue weighted by molar-refractivity contribution is 0.419. The number of halogens is 1. The zero-order valence-electron chi connectivity index (χ0n) is 13.6. The van der Waals surface area contributed by atoms with Crippen molar-refractivity contribution in [3.05, 3.63) is 78.1 Å². The van der Waals surface area contributed by atoms with E-state index in [4.69, 9.17) is 16.3 Å². The Morgan fingerprint density at radius 2 is 1.76 bits per heavy atom. The SMILES string of the molecule is COc1ccnc2ccc(-c3cccnc3-c3cccc(Cl)c3)cc12. The summed E-state index contributed by atoms with van der Waals surface area (Å²) in [6, 6.07) is 19.8. The number of pyridine rings is 2. The molecule has 0 aliphatic rings.